The second-order valence-electron chi connectivity index (χ2n) is 4.32. The quantitative estimate of drug-likeness (QED) is 0.405. The van der Waals surface area contributed by atoms with Crippen molar-refractivity contribution in [3.05, 3.63) is 63.7 Å². The lowest BCUT2D eigenvalue weighted by molar-refractivity contribution is -0.385. The molecular formula is C16H12N2O3S. The third-order valence-corrected chi connectivity index (χ3v) is 3.66. The molecule has 0 aliphatic rings. The van der Waals surface area contributed by atoms with E-state index in [0.717, 1.165) is 4.90 Å². The minimum absolute atomic E-state index is 0.0166. The molecule has 2 rings (SSSR count). The number of nitrogens with zero attached hydrogens (tertiary/aromatic N) is 1. The Balaban J connectivity index is 2.36. The molecule has 0 aliphatic carbocycles. The summed E-state index contributed by atoms with van der Waals surface area (Å²) >= 11 is 1.40. The maximum absolute atomic E-state index is 12.3. The third-order valence-electron chi connectivity index (χ3n) is 2.93. The molecule has 110 valence electrons. The SMILES string of the molecule is C#Cc1cccc(NC(=O)c2cc(SC)ccc2[N+](=O)[O-])c1. The number of nitro groups is 1. The van der Waals surface area contributed by atoms with E-state index in [1.165, 1.54) is 23.9 Å². The summed E-state index contributed by atoms with van der Waals surface area (Å²) in [5.74, 6) is 1.92. The van der Waals surface area contributed by atoms with Crippen molar-refractivity contribution in [3.63, 3.8) is 0 Å². The first-order valence-corrected chi connectivity index (χ1v) is 7.48. The number of rotatable bonds is 4. The molecule has 0 heterocycles. The highest BCUT2D eigenvalue weighted by Gasteiger charge is 2.20. The van der Waals surface area contributed by atoms with E-state index in [2.05, 4.69) is 11.2 Å². The van der Waals surface area contributed by atoms with Crippen molar-refractivity contribution in [3.8, 4) is 12.3 Å². The fourth-order valence-electron chi connectivity index (χ4n) is 1.87. The number of thioether (sulfide) groups is 1. The smallest absolute Gasteiger partial charge is 0.282 e. The van der Waals surface area contributed by atoms with Gasteiger partial charge in [-0.25, -0.2) is 0 Å². The number of carbonyl (C=O) groups is 1. The summed E-state index contributed by atoms with van der Waals surface area (Å²) in [6.07, 6.45) is 7.14. The van der Waals surface area contributed by atoms with Gasteiger partial charge in [0.2, 0.25) is 0 Å². The van der Waals surface area contributed by atoms with Crippen LogP contribution >= 0.6 is 11.8 Å². The molecule has 6 heteroatoms. The zero-order valence-corrected chi connectivity index (χ0v) is 12.5. The van der Waals surface area contributed by atoms with Gasteiger partial charge in [-0.2, -0.15) is 0 Å². The van der Waals surface area contributed by atoms with Crippen LogP contribution < -0.4 is 5.32 Å². The number of anilines is 1. The highest BCUT2D eigenvalue weighted by atomic mass is 32.2. The maximum atomic E-state index is 12.3. The molecule has 1 N–H and O–H groups in total. The second-order valence-corrected chi connectivity index (χ2v) is 5.20. The molecular weight excluding hydrogens is 300 g/mol. The average Bonchev–Trinajstić information content (AvgIpc) is 2.54. The molecule has 2 aromatic carbocycles. The van der Waals surface area contributed by atoms with Crippen molar-refractivity contribution in [1.29, 1.82) is 0 Å². The topological polar surface area (TPSA) is 72.2 Å². The highest BCUT2D eigenvalue weighted by Crippen LogP contribution is 2.25. The Labute approximate surface area is 131 Å². The van der Waals surface area contributed by atoms with E-state index in [4.69, 9.17) is 6.42 Å². The van der Waals surface area contributed by atoms with Gasteiger partial charge >= 0.3 is 0 Å². The minimum Gasteiger partial charge on any atom is -0.322 e. The molecule has 22 heavy (non-hydrogen) atoms. The van der Waals surface area contributed by atoms with Crippen molar-refractivity contribution in [2.75, 3.05) is 11.6 Å². The number of hydrogen-bond acceptors (Lipinski definition) is 4. The van der Waals surface area contributed by atoms with Crippen molar-refractivity contribution in [1.82, 2.24) is 0 Å². The van der Waals surface area contributed by atoms with E-state index in [9.17, 15) is 14.9 Å². The lowest BCUT2D eigenvalue weighted by atomic mass is 10.1. The van der Waals surface area contributed by atoms with Gasteiger partial charge in [-0.1, -0.05) is 12.0 Å². The van der Waals surface area contributed by atoms with Gasteiger partial charge in [0.15, 0.2) is 0 Å². The van der Waals surface area contributed by atoms with Gasteiger partial charge in [-0.15, -0.1) is 18.2 Å². The van der Waals surface area contributed by atoms with Crippen LogP contribution in [0.15, 0.2) is 47.4 Å². The molecule has 0 radical (unpaired) electrons. The number of carbonyl (C=O) groups excluding carboxylic acids is 1. The van der Waals surface area contributed by atoms with Crippen LogP contribution in [-0.2, 0) is 0 Å². The molecule has 0 bridgehead atoms. The first-order chi connectivity index (χ1) is 10.5. The van der Waals surface area contributed by atoms with Gasteiger partial charge in [0, 0.05) is 22.2 Å². The highest BCUT2D eigenvalue weighted by molar-refractivity contribution is 7.98. The van der Waals surface area contributed by atoms with E-state index in [0.29, 0.717) is 11.3 Å². The molecule has 0 unspecified atom stereocenters. The monoisotopic (exact) mass is 312 g/mol. The minimum atomic E-state index is -0.573. The van der Waals surface area contributed by atoms with Gasteiger partial charge < -0.3 is 5.32 Å². The lowest BCUT2D eigenvalue weighted by Gasteiger charge is -2.07. The van der Waals surface area contributed by atoms with Gasteiger partial charge in [0.1, 0.15) is 5.56 Å². The summed E-state index contributed by atoms with van der Waals surface area (Å²) < 4.78 is 0. The lowest BCUT2D eigenvalue weighted by Crippen LogP contribution is -2.14. The number of nitro benzene ring substituents is 1. The molecule has 0 fully saturated rings. The average molecular weight is 312 g/mol. The van der Waals surface area contributed by atoms with Gasteiger partial charge in [0.05, 0.1) is 4.92 Å². The molecule has 0 atom stereocenters. The van der Waals surface area contributed by atoms with Gasteiger partial charge in [-0.05, 0) is 36.6 Å². The number of benzene rings is 2. The third kappa shape index (κ3) is 3.45. The largest absolute Gasteiger partial charge is 0.322 e. The molecule has 0 aliphatic heterocycles. The molecule has 0 spiro atoms. The van der Waals surface area contributed by atoms with Crippen LogP contribution in [0.5, 0.6) is 0 Å². The number of amides is 1. The van der Waals surface area contributed by atoms with E-state index < -0.39 is 10.8 Å². The molecule has 5 nitrogen and oxygen atoms in total. The zero-order valence-electron chi connectivity index (χ0n) is 11.7. The van der Waals surface area contributed by atoms with Crippen LogP contribution in [0, 0.1) is 22.5 Å². The number of nitrogens with one attached hydrogen (secondary N) is 1. The zero-order chi connectivity index (χ0) is 16.1. The summed E-state index contributed by atoms with van der Waals surface area (Å²) in [4.78, 5) is 23.6. The van der Waals surface area contributed by atoms with Crippen LogP contribution in [0.1, 0.15) is 15.9 Å². The first-order valence-electron chi connectivity index (χ1n) is 6.25. The fourth-order valence-corrected chi connectivity index (χ4v) is 2.31. The Morgan fingerprint density at radius 1 is 1.32 bits per heavy atom. The predicted octanol–water partition coefficient (Wildman–Crippen LogP) is 3.55. The summed E-state index contributed by atoms with van der Waals surface area (Å²) in [5, 5.41) is 13.7. The van der Waals surface area contributed by atoms with Crippen molar-refractivity contribution >= 4 is 29.0 Å². The molecule has 0 aromatic heterocycles. The Bertz CT molecular complexity index is 781. The van der Waals surface area contributed by atoms with Crippen molar-refractivity contribution < 1.29 is 9.72 Å². The Morgan fingerprint density at radius 2 is 2.09 bits per heavy atom. The Kier molecular flexibility index (Phi) is 4.81. The van der Waals surface area contributed by atoms with Crippen molar-refractivity contribution in [2.45, 2.75) is 4.90 Å². The normalized spacial score (nSPS) is 9.82. The molecule has 0 saturated carbocycles. The molecule has 2 aromatic rings. The van der Waals surface area contributed by atoms with Gasteiger partial charge in [-0.3, -0.25) is 14.9 Å². The van der Waals surface area contributed by atoms with E-state index in [1.807, 2.05) is 6.26 Å². The summed E-state index contributed by atoms with van der Waals surface area (Å²) in [6, 6.07) is 11.2. The van der Waals surface area contributed by atoms with Crippen LogP contribution in [-0.4, -0.2) is 17.1 Å². The summed E-state index contributed by atoms with van der Waals surface area (Å²) in [7, 11) is 0. The summed E-state index contributed by atoms with van der Waals surface area (Å²) in [5.41, 5.74) is 0.890. The van der Waals surface area contributed by atoms with Gasteiger partial charge in [0.25, 0.3) is 11.6 Å². The predicted molar refractivity (Wildman–Crippen MR) is 87.2 cm³/mol. The van der Waals surface area contributed by atoms with Crippen LogP contribution in [0.3, 0.4) is 0 Å². The van der Waals surface area contributed by atoms with Crippen LogP contribution in [0.2, 0.25) is 0 Å². The maximum Gasteiger partial charge on any atom is 0.282 e. The van der Waals surface area contributed by atoms with E-state index >= 15 is 0 Å². The number of hydrogen-bond donors (Lipinski definition) is 1. The summed E-state index contributed by atoms with van der Waals surface area (Å²) in [6.45, 7) is 0. The van der Waals surface area contributed by atoms with Crippen molar-refractivity contribution in [2.24, 2.45) is 0 Å². The van der Waals surface area contributed by atoms with E-state index in [-0.39, 0.29) is 11.3 Å². The standard InChI is InChI=1S/C16H12N2O3S/c1-3-11-5-4-6-12(9-11)17-16(19)14-10-13(22-2)7-8-15(14)18(20)21/h1,4-10H,2H3,(H,17,19). The Hall–Kier alpha value is -2.78. The second kappa shape index (κ2) is 6.78. The first kappa shape index (κ1) is 15.6. The Morgan fingerprint density at radius 3 is 2.73 bits per heavy atom. The number of terminal acetylenes is 1. The molecule has 1 amide bonds. The van der Waals surface area contributed by atoms with Crippen LogP contribution in [0.4, 0.5) is 11.4 Å². The van der Waals surface area contributed by atoms with E-state index in [1.54, 1.807) is 30.3 Å². The fraction of sp³-hybridized carbons (Fsp3) is 0.0625. The molecule has 0 saturated heterocycles. The van der Waals surface area contributed by atoms with Crippen LogP contribution in [0.25, 0.3) is 0 Å².